The smallest absolute Gasteiger partial charge is 0.387 e. The maximum atomic E-state index is 12.4. The monoisotopic (exact) mass is 623 g/mol. The molecule has 3 rings (SSSR count). The molecule has 0 bridgehead atoms. The minimum Gasteiger partial charge on any atom is -0.387 e. The molecule has 0 aliphatic carbocycles. The Hall–Kier alpha value is -1.37. The van der Waals surface area contributed by atoms with Crippen LogP contribution in [0.4, 0.5) is 5.82 Å². The molecule has 2 aromatic rings. The highest BCUT2D eigenvalue weighted by Crippen LogP contribution is 2.66. The van der Waals surface area contributed by atoms with Gasteiger partial charge in [-0.3, -0.25) is 13.9 Å². The molecule has 6 atom stereocenters. The molecule has 0 saturated carbocycles. The molecular weight excluding hydrogens is 599 g/mol. The Labute approximate surface area is 217 Å². The molecule has 1 fully saturated rings. The third-order valence-corrected chi connectivity index (χ3v) is 9.26. The number of thiophene rings is 1. The Morgan fingerprint density at radius 1 is 1.08 bits per heavy atom. The number of hydrogen-bond donors (Lipinski definition) is 7. The number of aliphatic hydroxyl groups is 2. The fourth-order valence-electron chi connectivity index (χ4n) is 3.14. The Balaban J connectivity index is 1.53. The minimum absolute atomic E-state index is 0.0547. The molecular formula is C16H24N3O15P3S. The Morgan fingerprint density at radius 2 is 1.82 bits per heavy atom. The van der Waals surface area contributed by atoms with Gasteiger partial charge in [-0.05, 0) is 41.3 Å². The first-order chi connectivity index (χ1) is 17.7. The summed E-state index contributed by atoms with van der Waals surface area (Å²) in [5, 5.41) is 24.5. The van der Waals surface area contributed by atoms with E-state index in [1.54, 1.807) is 11.3 Å². The quantitative estimate of drug-likeness (QED) is 0.0844. The first-order valence-electron chi connectivity index (χ1n) is 10.4. The van der Waals surface area contributed by atoms with Crippen LogP contribution in [-0.2, 0) is 42.8 Å². The number of aliphatic hydroxyl groups excluding tert-OH is 2. The number of phosphoric ester groups is 1. The molecule has 1 saturated heterocycles. The SMILES string of the molecule is O=c1nc(NOCCCc2ccsc2)ccn1[C@@H]1O[C@H](COP(=O)(O)OP(=O)(O)OP(=O)(O)O)[C@@H](O)[C@H]1O. The zero-order valence-corrected chi connectivity index (χ0v) is 22.5. The van der Waals surface area contributed by atoms with Crippen molar-refractivity contribution in [1.29, 1.82) is 0 Å². The summed E-state index contributed by atoms with van der Waals surface area (Å²) >= 11 is 1.59. The van der Waals surface area contributed by atoms with E-state index in [0.29, 0.717) is 13.0 Å². The fourth-order valence-corrected chi connectivity index (χ4v) is 6.87. The third-order valence-electron chi connectivity index (χ3n) is 4.73. The lowest BCUT2D eigenvalue weighted by atomic mass is 10.1. The van der Waals surface area contributed by atoms with Gasteiger partial charge in [0.05, 0.1) is 13.2 Å². The summed E-state index contributed by atoms with van der Waals surface area (Å²) in [5.41, 5.74) is 2.77. The predicted octanol–water partition coefficient (Wildman–Crippen LogP) is 0.244. The summed E-state index contributed by atoms with van der Waals surface area (Å²) in [6, 6.07) is 3.32. The summed E-state index contributed by atoms with van der Waals surface area (Å²) in [6.07, 6.45) is -3.89. The normalized spacial score (nSPS) is 25.1. The Morgan fingerprint density at radius 3 is 2.45 bits per heavy atom. The molecule has 18 nitrogen and oxygen atoms in total. The largest absolute Gasteiger partial charge is 0.490 e. The second kappa shape index (κ2) is 12.9. The van der Waals surface area contributed by atoms with Gasteiger partial charge < -0.3 is 34.5 Å². The molecule has 2 aromatic heterocycles. The standard InChI is InChI=1S/C16H24N3O15P3S/c20-13-11(8-31-36(26,27)34-37(28,29)33-35(23,24)25)32-15(14(13)21)19-5-3-12(17-16(19)22)18-30-6-1-2-10-4-7-38-9-10/h3-5,7,9,11,13-15,20-21H,1-2,6,8H2,(H,26,27)(H,28,29)(H,17,18,22)(H2,23,24,25)/t11-,13-,14-,15-/m1/s1. The summed E-state index contributed by atoms with van der Waals surface area (Å²) in [7, 11) is -16.8. The van der Waals surface area contributed by atoms with Crippen molar-refractivity contribution < 1.29 is 66.2 Å². The van der Waals surface area contributed by atoms with E-state index in [-0.39, 0.29) is 5.82 Å². The topological polar surface area (TPSA) is 266 Å². The van der Waals surface area contributed by atoms with Gasteiger partial charge in [-0.2, -0.15) is 24.9 Å². The van der Waals surface area contributed by atoms with Gasteiger partial charge in [-0.25, -0.2) is 24.0 Å². The Kier molecular flexibility index (Phi) is 10.6. The second-order valence-electron chi connectivity index (χ2n) is 7.62. The predicted molar refractivity (Wildman–Crippen MR) is 126 cm³/mol. The highest BCUT2D eigenvalue weighted by atomic mass is 32.1. The van der Waals surface area contributed by atoms with Crippen LogP contribution in [0.3, 0.4) is 0 Å². The molecule has 1 aliphatic heterocycles. The average Bonchev–Trinajstić information content (AvgIpc) is 3.39. The van der Waals surface area contributed by atoms with Crippen molar-refractivity contribution in [3.63, 3.8) is 0 Å². The molecule has 0 spiro atoms. The molecule has 214 valence electrons. The zero-order valence-electron chi connectivity index (χ0n) is 19.0. The first kappa shape index (κ1) is 31.2. The number of ether oxygens (including phenoxy) is 1. The van der Waals surface area contributed by atoms with Crippen LogP contribution in [0.2, 0.25) is 0 Å². The van der Waals surface area contributed by atoms with Gasteiger partial charge in [-0.1, -0.05) is 0 Å². The molecule has 38 heavy (non-hydrogen) atoms. The second-order valence-corrected chi connectivity index (χ2v) is 12.8. The van der Waals surface area contributed by atoms with Gasteiger partial charge >= 0.3 is 29.2 Å². The van der Waals surface area contributed by atoms with Crippen LogP contribution in [0.15, 0.2) is 33.9 Å². The van der Waals surface area contributed by atoms with Crippen LogP contribution < -0.4 is 11.2 Å². The lowest BCUT2D eigenvalue weighted by Gasteiger charge is -2.19. The van der Waals surface area contributed by atoms with Gasteiger partial charge in [0.2, 0.25) is 0 Å². The summed E-state index contributed by atoms with van der Waals surface area (Å²) in [4.78, 5) is 57.2. The summed E-state index contributed by atoms with van der Waals surface area (Å²) in [5.74, 6) is 0.0547. The van der Waals surface area contributed by atoms with Crippen LogP contribution in [0, 0.1) is 0 Å². The number of aryl methyl sites for hydroxylation is 1. The number of nitrogens with zero attached hydrogens (tertiary/aromatic N) is 2. The first-order valence-corrected chi connectivity index (χ1v) is 15.9. The van der Waals surface area contributed by atoms with Gasteiger partial charge in [0, 0.05) is 6.20 Å². The number of anilines is 1. The summed E-state index contributed by atoms with van der Waals surface area (Å²) < 4.78 is 51.6. The lowest BCUT2D eigenvalue weighted by Crippen LogP contribution is -2.36. The molecule has 2 unspecified atom stereocenters. The van der Waals surface area contributed by atoms with Gasteiger partial charge in [0.25, 0.3) is 0 Å². The number of nitrogens with one attached hydrogen (secondary N) is 1. The van der Waals surface area contributed by atoms with Crippen LogP contribution in [0.1, 0.15) is 18.2 Å². The van der Waals surface area contributed by atoms with E-state index in [1.807, 2.05) is 16.8 Å². The fraction of sp³-hybridized carbons (Fsp3) is 0.500. The maximum Gasteiger partial charge on any atom is 0.490 e. The molecule has 3 heterocycles. The van der Waals surface area contributed by atoms with Crippen molar-refractivity contribution in [3.05, 3.63) is 45.1 Å². The van der Waals surface area contributed by atoms with Gasteiger partial charge in [0.1, 0.15) is 18.3 Å². The molecule has 0 radical (unpaired) electrons. The van der Waals surface area contributed by atoms with E-state index in [9.17, 15) is 33.6 Å². The minimum atomic E-state index is -5.74. The van der Waals surface area contributed by atoms with Crippen LogP contribution in [0.25, 0.3) is 0 Å². The maximum absolute atomic E-state index is 12.4. The molecule has 1 aliphatic rings. The lowest BCUT2D eigenvalue weighted by molar-refractivity contribution is -0.0541. The zero-order chi connectivity index (χ0) is 28.1. The highest BCUT2D eigenvalue weighted by molar-refractivity contribution is 7.66. The van der Waals surface area contributed by atoms with Gasteiger partial charge in [0.15, 0.2) is 12.0 Å². The van der Waals surface area contributed by atoms with E-state index < -0.39 is 60.3 Å². The van der Waals surface area contributed by atoms with E-state index in [0.717, 1.165) is 11.0 Å². The third kappa shape index (κ3) is 9.38. The molecule has 0 amide bonds. The molecule has 22 heteroatoms. The van der Waals surface area contributed by atoms with Crippen LogP contribution in [-0.4, -0.2) is 70.9 Å². The van der Waals surface area contributed by atoms with Crippen molar-refractivity contribution in [1.82, 2.24) is 9.55 Å². The van der Waals surface area contributed by atoms with Crippen molar-refractivity contribution in [3.8, 4) is 0 Å². The van der Waals surface area contributed by atoms with E-state index >= 15 is 0 Å². The average molecular weight is 623 g/mol. The van der Waals surface area contributed by atoms with Crippen molar-refractivity contribution in [2.75, 3.05) is 18.7 Å². The van der Waals surface area contributed by atoms with Crippen molar-refractivity contribution >= 4 is 40.6 Å². The van der Waals surface area contributed by atoms with Crippen LogP contribution in [0.5, 0.6) is 0 Å². The van der Waals surface area contributed by atoms with E-state index in [4.69, 9.17) is 24.3 Å². The highest BCUT2D eigenvalue weighted by Gasteiger charge is 2.46. The Bertz CT molecular complexity index is 1270. The number of hydrogen-bond acceptors (Lipinski definition) is 14. The number of rotatable bonds is 14. The summed E-state index contributed by atoms with van der Waals surface area (Å²) in [6.45, 7) is -0.700. The van der Waals surface area contributed by atoms with Gasteiger partial charge in [-0.15, -0.1) is 0 Å². The number of aromatic nitrogens is 2. The van der Waals surface area contributed by atoms with E-state index in [2.05, 4.69) is 23.6 Å². The number of phosphoric acid groups is 3. The van der Waals surface area contributed by atoms with E-state index in [1.165, 1.54) is 17.8 Å². The molecule has 0 aromatic carbocycles. The van der Waals surface area contributed by atoms with Crippen molar-refractivity contribution in [2.45, 2.75) is 37.4 Å². The molecule has 7 N–H and O–H groups in total. The van der Waals surface area contributed by atoms with Crippen molar-refractivity contribution in [2.24, 2.45) is 0 Å². The van der Waals surface area contributed by atoms with Crippen LogP contribution >= 0.6 is 34.8 Å².